The second kappa shape index (κ2) is 7.09. The molecule has 2 amide bonds. The van der Waals surface area contributed by atoms with Gasteiger partial charge in [0.1, 0.15) is 6.04 Å². The van der Waals surface area contributed by atoms with E-state index in [4.69, 9.17) is 9.26 Å². The number of hydrogen-bond acceptors (Lipinski definition) is 5. The molecule has 1 fully saturated rings. The second-order valence-corrected chi connectivity index (χ2v) is 6.42. The lowest BCUT2D eigenvalue weighted by molar-refractivity contribution is 0.110. The minimum absolute atomic E-state index is 0.0108. The summed E-state index contributed by atoms with van der Waals surface area (Å²) >= 11 is 0. The number of methoxy groups -OCH3 is 1. The predicted molar refractivity (Wildman–Crippen MR) is 81.3 cm³/mol. The molecule has 1 aromatic rings. The van der Waals surface area contributed by atoms with Crippen molar-refractivity contribution in [3.8, 4) is 0 Å². The van der Waals surface area contributed by atoms with Crippen molar-refractivity contribution in [3.05, 3.63) is 11.7 Å². The molecule has 0 aliphatic carbocycles. The zero-order valence-electron chi connectivity index (χ0n) is 14.0. The maximum atomic E-state index is 12.6. The first-order valence-electron chi connectivity index (χ1n) is 7.80. The van der Waals surface area contributed by atoms with E-state index in [9.17, 15) is 4.79 Å². The average molecular weight is 310 g/mol. The Hall–Kier alpha value is -1.63. The molecule has 7 nitrogen and oxygen atoms in total. The summed E-state index contributed by atoms with van der Waals surface area (Å²) in [6.07, 6.45) is 1.60. The van der Waals surface area contributed by atoms with Crippen LogP contribution in [0.15, 0.2) is 4.52 Å². The average Bonchev–Trinajstić information content (AvgIpc) is 3.03. The van der Waals surface area contributed by atoms with Gasteiger partial charge in [0.25, 0.3) is 0 Å². The number of aromatic nitrogens is 2. The maximum absolute atomic E-state index is 12.6. The third kappa shape index (κ3) is 3.97. The van der Waals surface area contributed by atoms with Crippen molar-refractivity contribution in [2.45, 2.75) is 58.7 Å². The van der Waals surface area contributed by atoms with Gasteiger partial charge in [0, 0.05) is 26.1 Å². The van der Waals surface area contributed by atoms with Gasteiger partial charge >= 0.3 is 6.03 Å². The van der Waals surface area contributed by atoms with Crippen LogP contribution < -0.4 is 5.32 Å². The predicted octanol–water partition coefficient (Wildman–Crippen LogP) is 2.28. The van der Waals surface area contributed by atoms with Crippen molar-refractivity contribution in [1.82, 2.24) is 20.4 Å². The molecule has 0 spiro atoms. The Bertz CT molecular complexity index is 503. The van der Waals surface area contributed by atoms with Crippen molar-refractivity contribution in [2.75, 3.05) is 13.7 Å². The Morgan fingerprint density at radius 3 is 2.77 bits per heavy atom. The van der Waals surface area contributed by atoms with E-state index in [2.05, 4.69) is 29.3 Å². The van der Waals surface area contributed by atoms with Crippen molar-refractivity contribution in [1.29, 1.82) is 0 Å². The van der Waals surface area contributed by atoms with E-state index in [1.165, 1.54) is 0 Å². The van der Waals surface area contributed by atoms with Gasteiger partial charge < -0.3 is 19.5 Å². The molecule has 3 atom stereocenters. The summed E-state index contributed by atoms with van der Waals surface area (Å²) in [5, 5.41) is 6.87. The molecule has 124 valence electrons. The molecule has 1 aliphatic rings. The highest BCUT2D eigenvalue weighted by Crippen LogP contribution is 2.32. The normalized spacial score (nSPS) is 23.1. The highest BCUT2D eigenvalue weighted by atomic mass is 16.5. The van der Waals surface area contributed by atoms with Crippen LogP contribution in [0.5, 0.6) is 0 Å². The summed E-state index contributed by atoms with van der Waals surface area (Å²) in [6.45, 7) is 8.61. The first-order valence-corrected chi connectivity index (χ1v) is 7.80. The van der Waals surface area contributed by atoms with Crippen molar-refractivity contribution >= 4 is 6.03 Å². The van der Waals surface area contributed by atoms with Crippen molar-refractivity contribution in [2.24, 2.45) is 5.92 Å². The fourth-order valence-corrected chi connectivity index (χ4v) is 2.93. The van der Waals surface area contributed by atoms with Crippen LogP contribution in [0.4, 0.5) is 4.79 Å². The number of likely N-dealkylation sites (tertiary alicyclic amines) is 1. The van der Waals surface area contributed by atoms with Crippen LogP contribution in [0.3, 0.4) is 0 Å². The minimum atomic E-state index is -0.225. The second-order valence-electron chi connectivity index (χ2n) is 6.42. The van der Waals surface area contributed by atoms with Crippen molar-refractivity contribution < 1.29 is 14.1 Å². The number of carbonyl (C=O) groups is 1. The van der Waals surface area contributed by atoms with E-state index in [1.54, 1.807) is 18.9 Å². The number of nitrogens with one attached hydrogen (secondary N) is 1. The zero-order chi connectivity index (χ0) is 16.3. The van der Waals surface area contributed by atoms with E-state index >= 15 is 0 Å². The SMILES string of the molecule is CO[C@H]1C[C@H](c2nc(C)no2)N(C(=O)N[C@@H](C)CC(C)C)C1. The van der Waals surface area contributed by atoms with E-state index in [0.29, 0.717) is 30.6 Å². The van der Waals surface area contributed by atoms with E-state index in [1.807, 2.05) is 6.92 Å². The van der Waals surface area contributed by atoms with Crippen LogP contribution >= 0.6 is 0 Å². The lowest BCUT2D eigenvalue weighted by Crippen LogP contribution is -2.44. The molecule has 1 aliphatic heterocycles. The smallest absolute Gasteiger partial charge is 0.318 e. The number of hydrogen-bond donors (Lipinski definition) is 1. The Labute approximate surface area is 131 Å². The van der Waals surface area contributed by atoms with Gasteiger partial charge in [0.15, 0.2) is 5.82 Å². The molecule has 2 heterocycles. The molecule has 1 saturated heterocycles. The van der Waals surface area contributed by atoms with Crippen LogP contribution in [0, 0.1) is 12.8 Å². The number of ether oxygens (including phenoxy) is 1. The topological polar surface area (TPSA) is 80.5 Å². The molecule has 22 heavy (non-hydrogen) atoms. The van der Waals surface area contributed by atoms with Crippen LogP contribution in [0.25, 0.3) is 0 Å². The monoisotopic (exact) mass is 310 g/mol. The fourth-order valence-electron chi connectivity index (χ4n) is 2.93. The number of urea groups is 1. The number of aryl methyl sites for hydroxylation is 1. The van der Waals surface area contributed by atoms with E-state index in [-0.39, 0.29) is 24.2 Å². The number of carbonyl (C=O) groups excluding carboxylic acids is 1. The highest BCUT2D eigenvalue weighted by molar-refractivity contribution is 5.75. The molecule has 0 aromatic carbocycles. The summed E-state index contributed by atoms with van der Waals surface area (Å²) in [5.74, 6) is 1.59. The van der Waals surface area contributed by atoms with Gasteiger partial charge in [0.2, 0.25) is 5.89 Å². The highest BCUT2D eigenvalue weighted by Gasteiger charge is 2.39. The quantitative estimate of drug-likeness (QED) is 0.902. The van der Waals surface area contributed by atoms with E-state index < -0.39 is 0 Å². The Kier molecular flexibility index (Phi) is 5.39. The Morgan fingerprint density at radius 1 is 1.50 bits per heavy atom. The lowest BCUT2D eigenvalue weighted by atomic mass is 10.1. The first-order chi connectivity index (χ1) is 10.4. The third-order valence-corrected chi connectivity index (χ3v) is 3.88. The Balaban J connectivity index is 2.07. The molecular formula is C15H26N4O3. The molecule has 2 rings (SSSR count). The molecule has 7 heteroatoms. The van der Waals surface area contributed by atoms with Gasteiger partial charge in [-0.1, -0.05) is 19.0 Å². The van der Waals surface area contributed by atoms with Gasteiger partial charge in [-0.2, -0.15) is 4.98 Å². The number of rotatable bonds is 5. The maximum Gasteiger partial charge on any atom is 0.318 e. The molecule has 0 bridgehead atoms. The third-order valence-electron chi connectivity index (χ3n) is 3.88. The largest absolute Gasteiger partial charge is 0.380 e. The summed E-state index contributed by atoms with van der Waals surface area (Å²) in [4.78, 5) is 18.6. The minimum Gasteiger partial charge on any atom is -0.380 e. The van der Waals surface area contributed by atoms with Gasteiger partial charge in [-0.3, -0.25) is 0 Å². The molecular weight excluding hydrogens is 284 g/mol. The molecule has 0 unspecified atom stereocenters. The van der Waals surface area contributed by atoms with E-state index in [0.717, 1.165) is 6.42 Å². The van der Waals surface area contributed by atoms with Crippen LogP contribution in [0.1, 0.15) is 51.4 Å². The fraction of sp³-hybridized carbons (Fsp3) is 0.800. The van der Waals surface area contributed by atoms with Crippen LogP contribution in [-0.4, -0.2) is 46.9 Å². The van der Waals surface area contributed by atoms with Gasteiger partial charge in [-0.05, 0) is 26.2 Å². The molecule has 1 N–H and O–H groups in total. The summed E-state index contributed by atoms with van der Waals surface area (Å²) in [7, 11) is 1.66. The van der Waals surface area contributed by atoms with Crippen LogP contribution in [-0.2, 0) is 4.74 Å². The molecule has 0 saturated carbocycles. The van der Waals surface area contributed by atoms with Gasteiger partial charge in [-0.25, -0.2) is 4.79 Å². The Morgan fingerprint density at radius 2 is 2.23 bits per heavy atom. The van der Waals surface area contributed by atoms with Crippen LogP contribution in [0.2, 0.25) is 0 Å². The van der Waals surface area contributed by atoms with Gasteiger partial charge in [-0.15, -0.1) is 0 Å². The van der Waals surface area contributed by atoms with Crippen molar-refractivity contribution in [3.63, 3.8) is 0 Å². The summed E-state index contributed by atoms with van der Waals surface area (Å²) in [6, 6.07) is -0.204. The summed E-state index contributed by atoms with van der Waals surface area (Å²) < 4.78 is 10.7. The standard InChI is InChI=1S/C15H26N4O3/c1-9(2)6-10(3)16-15(20)19-8-12(21-5)7-13(19)14-17-11(4)18-22-14/h9-10,12-13H,6-8H2,1-5H3,(H,16,20)/t10-,12-,13+/m0/s1. The zero-order valence-corrected chi connectivity index (χ0v) is 14.0. The number of nitrogens with zero attached hydrogens (tertiary/aromatic N) is 3. The molecule has 0 radical (unpaired) electrons. The first kappa shape index (κ1) is 16.7. The van der Waals surface area contributed by atoms with Gasteiger partial charge in [0.05, 0.1) is 6.10 Å². The lowest BCUT2D eigenvalue weighted by Gasteiger charge is -2.25. The molecule has 1 aromatic heterocycles. The summed E-state index contributed by atoms with van der Waals surface area (Å²) in [5.41, 5.74) is 0. The number of amides is 2.